The number of thiophene rings is 1. The number of carbonyl (C=O) groups excluding carboxylic acids is 2. The van der Waals surface area contributed by atoms with Crippen molar-refractivity contribution in [3.05, 3.63) is 49.1 Å². The molecule has 1 aromatic heterocycles. The monoisotopic (exact) mass is 438 g/mol. The van der Waals surface area contributed by atoms with Crippen LogP contribution in [-0.2, 0) is 4.79 Å². The molecule has 10 heteroatoms. The predicted molar refractivity (Wildman–Crippen MR) is 95.6 cm³/mol. The van der Waals surface area contributed by atoms with E-state index in [0.717, 1.165) is 23.5 Å². The van der Waals surface area contributed by atoms with Crippen LogP contribution in [0.15, 0.2) is 33.8 Å². The van der Waals surface area contributed by atoms with Crippen LogP contribution in [0.5, 0.6) is 0 Å². The highest BCUT2D eigenvalue weighted by Crippen LogP contribution is 2.65. The van der Waals surface area contributed by atoms with Crippen LogP contribution in [0.1, 0.15) is 33.0 Å². The summed E-state index contributed by atoms with van der Waals surface area (Å²) in [6, 6.07) is 0.897. The second kappa shape index (κ2) is 6.62. The van der Waals surface area contributed by atoms with E-state index in [1.54, 1.807) is 0 Å². The smallest absolute Gasteiger partial charge is 0.297 e. The van der Waals surface area contributed by atoms with Gasteiger partial charge >= 0.3 is 17.8 Å². The number of thiol groups is 1. The summed E-state index contributed by atoms with van der Waals surface area (Å²) in [6.07, 6.45) is 1.82. The van der Waals surface area contributed by atoms with Crippen molar-refractivity contribution in [3.8, 4) is 0 Å². The van der Waals surface area contributed by atoms with E-state index in [1.165, 1.54) is 6.92 Å². The molecule has 0 spiro atoms. The molecule has 1 heterocycles. The Kier molecular flexibility index (Phi) is 4.94. The first-order valence-electron chi connectivity index (χ1n) is 7.93. The average Bonchev–Trinajstić information content (AvgIpc) is 3.37. The lowest BCUT2D eigenvalue weighted by Gasteiger charge is -2.26. The maximum atomic E-state index is 14.7. The summed E-state index contributed by atoms with van der Waals surface area (Å²) in [5.41, 5.74) is -3.88. The summed E-state index contributed by atoms with van der Waals surface area (Å²) >= 11 is 4.49. The van der Waals surface area contributed by atoms with E-state index in [2.05, 4.69) is 12.6 Å². The summed E-state index contributed by atoms with van der Waals surface area (Å²) in [5, 5.41) is 0. The van der Waals surface area contributed by atoms with Crippen LogP contribution in [0.3, 0.4) is 0 Å². The van der Waals surface area contributed by atoms with E-state index in [9.17, 15) is 35.9 Å². The molecular weight excluding hydrogens is 426 g/mol. The lowest BCUT2D eigenvalue weighted by atomic mass is 9.93. The Labute approximate surface area is 165 Å². The molecule has 0 amide bonds. The van der Waals surface area contributed by atoms with Gasteiger partial charge in [-0.3, -0.25) is 9.59 Å². The molecule has 0 bridgehead atoms. The molecule has 3 rings (SSSR count). The van der Waals surface area contributed by atoms with Crippen LogP contribution < -0.4 is 0 Å². The van der Waals surface area contributed by atoms with E-state index < -0.39 is 40.1 Å². The molecule has 2 aliphatic carbocycles. The third-order valence-electron chi connectivity index (χ3n) is 4.55. The maximum absolute atomic E-state index is 14.7. The average molecular weight is 438 g/mol. The van der Waals surface area contributed by atoms with Crippen molar-refractivity contribution in [2.24, 2.45) is 0 Å². The fraction of sp³-hybridized carbons (Fsp3) is 0.333. The fourth-order valence-corrected chi connectivity index (χ4v) is 4.09. The number of carbonyl (C=O) groups is 2. The van der Waals surface area contributed by atoms with Gasteiger partial charge in [0.2, 0.25) is 0 Å². The molecule has 1 saturated carbocycles. The third-order valence-corrected chi connectivity index (χ3v) is 5.76. The first-order valence-corrected chi connectivity index (χ1v) is 9.19. The van der Waals surface area contributed by atoms with Crippen molar-refractivity contribution in [3.63, 3.8) is 0 Å². The quantitative estimate of drug-likeness (QED) is 0.279. The van der Waals surface area contributed by atoms with E-state index >= 15 is 0 Å². The predicted octanol–water partition coefficient (Wildman–Crippen LogP) is 5.65. The number of hydrogen-bond donors (Lipinski definition) is 1. The molecule has 28 heavy (non-hydrogen) atoms. The molecule has 1 aromatic rings. The standard InChI is InChI=1S/C18H12F6O2S2/c1-8-12(5-11(7-26)28-8)14-15(13(9-2-3-9)4-10(27)6-25)17(21,22)18(23,24)16(14,19)20/h4-7,27H,2-3H2,1H3/b10-4-. The number of halogens is 6. The van der Waals surface area contributed by atoms with E-state index in [0.29, 0.717) is 6.29 Å². The van der Waals surface area contributed by atoms with Crippen LogP contribution >= 0.6 is 24.0 Å². The summed E-state index contributed by atoms with van der Waals surface area (Å²) in [7, 11) is 0. The number of alkyl halides is 6. The van der Waals surface area contributed by atoms with Crippen LogP contribution in [0.4, 0.5) is 26.3 Å². The zero-order valence-electron chi connectivity index (χ0n) is 14.2. The van der Waals surface area contributed by atoms with Crippen molar-refractivity contribution in [1.29, 1.82) is 0 Å². The van der Waals surface area contributed by atoms with Crippen molar-refractivity contribution < 1.29 is 35.9 Å². The number of aldehydes is 2. The van der Waals surface area contributed by atoms with Gasteiger partial charge in [0.05, 0.1) is 4.88 Å². The first-order chi connectivity index (χ1) is 12.9. The Balaban J connectivity index is 2.43. The molecular formula is C18H12F6O2S2. The van der Waals surface area contributed by atoms with Crippen LogP contribution in [0.2, 0.25) is 0 Å². The second-order valence-electron chi connectivity index (χ2n) is 6.41. The topological polar surface area (TPSA) is 34.1 Å². The van der Waals surface area contributed by atoms with E-state index in [1.807, 2.05) is 0 Å². The highest BCUT2D eigenvalue weighted by Gasteiger charge is 2.80. The lowest BCUT2D eigenvalue weighted by molar-refractivity contribution is -0.259. The number of allylic oxidation sites excluding steroid dienone is 6. The molecule has 0 aliphatic heterocycles. The molecule has 150 valence electrons. The van der Waals surface area contributed by atoms with Crippen molar-refractivity contribution >= 4 is 42.1 Å². The van der Waals surface area contributed by atoms with Gasteiger partial charge in [-0.25, -0.2) is 0 Å². The Hall–Kier alpha value is -1.81. The Morgan fingerprint density at radius 3 is 2.18 bits per heavy atom. The summed E-state index contributed by atoms with van der Waals surface area (Å²) < 4.78 is 87.2. The van der Waals surface area contributed by atoms with Gasteiger partial charge in [-0.15, -0.1) is 24.0 Å². The molecule has 2 aliphatic rings. The number of hydrogen-bond acceptors (Lipinski definition) is 4. The van der Waals surface area contributed by atoms with Crippen molar-refractivity contribution in [2.45, 2.75) is 37.5 Å². The molecule has 0 unspecified atom stereocenters. The number of aryl methyl sites for hydroxylation is 1. The van der Waals surface area contributed by atoms with E-state index in [4.69, 9.17) is 0 Å². The minimum atomic E-state index is -5.69. The second-order valence-corrected chi connectivity index (χ2v) is 8.22. The van der Waals surface area contributed by atoms with Gasteiger partial charge < -0.3 is 0 Å². The Morgan fingerprint density at radius 1 is 1.11 bits per heavy atom. The molecule has 2 nitrogen and oxygen atoms in total. The normalized spacial score (nSPS) is 22.4. The van der Waals surface area contributed by atoms with Gasteiger partial charge in [-0.1, -0.05) is 5.57 Å². The zero-order valence-corrected chi connectivity index (χ0v) is 15.9. The van der Waals surface area contributed by atoms with Crippen LogP contribution in [0, 0.1) is 6.92 Å². The zero-order chi connectivity index (χ0) is 21.1. The largest absolute Gasteiger partial charge is 0.380 e. The highest BCUT2D eigenvalue weighted by molar-refractivity contribution is 7.85. The summed E-state index contributed by atoms with van der Waals surface area (Å²) in [5.74, 6) is -16.1. The van der Waals surface area contributed by atoms with Crippen LogP contribution in [-0.4, -0.2) is 30.3 Å². The SMILES string of the molecule is Cc1sc(C=O)cc1C1=C(C(/C=C(\S)C=O)=C2CC2)C(F)(F)C(F)(F)C1(F)F. The van der Waals surface area contributed by atoms with Gasteiger partial charge in [0.25, 0.3) is 0 Å². The van der Waals surface area contributed by atoms with Gasteiger partial charge in [-0.05, 0) is 43.0 Å². The lowest BCUT2D eigenvalue weighted by Crippen LogP contribution is -2.49. The van der Waals surface area contributed by atoms with Crippen molar-refractivity contribution in [1.82, 2.24) is 0 Å². The molecule has 0 atom stereocenters. The Morgan fingerprint density at radius 2 is 1.71 bits per heavy atom. The molecule has 0 N–H and O–H groups in total. The Bertz CT molecular complexity index is 963. The minimum absolute atomic E-state index is 0.0217. The van der Waals surface area contributed by atoms with Crippen LogP contribution in [0.25, 0.3) is 5.57 Å². The summed E-state index contributed by atoms with van der Waals surface area (Å²) in [4.78, 5) is 21.4. The van der Waals surface area contributed by atoms with Gasteiger partial charge in [0, 0.05) is 20.9 Å². The highest BCUT2D eigenvalue weighted by atomic mass is 32.1. The molecule has 0 saturated heterocycles. The molecule has 0 radical (unpaired) electrons. The van der Waals surface area contributed by atoms with E-state index in [-0.39, 0.29) is 39.4 Å². The maximum Gasteiger partial charge on any atom is 0.380 e. The molecule has 0 aromatic carbocycles. The number of rotatable bonds is 5. The van der Waals surface area contributed by atoms with Gasteiger partial charge in [-0.2, -0.15) is 26.3 Å². The van der Waals surface area contributed by atoms with Gasteiger partial charge in [0.1, 0.15) is 0 Å². The summed E-state index contributed by atoms with van der Waals surface area (Å²) in [6.45, 7) is 1.28. The van der Waals surface area contributed by atoms with Crippen molar-refractivity contribution in [2.75, 3.05) is 0 Å². The fourth-order valence-electron chi connectivity index (χ4n) is 3.11. The third kappa shape index (κ3) is 2.88. The molecule has 1 fully saturated rings. The minimum Gasteiger partial charge on any atom is -0.297 e. The first kappa shape index (κ1) is 20.9. The van der Waals surface area contributed by atoms with Gasteiger partial charge in [0.15, 0.2) is 12.6 Å².